The number of hydrogen-bond acceptors (Lipinski definition) is 2. The van der Waals surface area contributed by atoms with Gasteiger partial charge in [-0.05, 0) is 58.4 Å². The zero-order valence-electron chi connectivity index (χ0n) is 10.8. The minimum absolute atomic E-state index is 0.822. The van der Waals surface area contributed by atoms with Crippen LogP contribution in [0.1, 0.15) is 0 Å². The van der Waals surface area contributed by atoms with Gasteiger partial charge in [0.2, 0.25) is 0 Å². The van der Waals surface area contributed by atoms with E-state index in [1.165, 1.54) is 5.39 Å². The monoisotopic (exact) mass is 401 g/mol. The standard InChI is InChI=1S/C16H9Br2N3/c17-10-3-5-14-13(8-10)12-2-1-7-19-16(12)21(14)11-4-6-15(18)20-9-11/h1-9H. The van der Waals surface area contributed by atoms with Crippen molar-refractivity contribution in [3.63, 3.8) is 0 Å². The lowest BCUT2D eigenvalue weighted by molar-refractivity contribution is 1.10. The van der Waals surface area contributed by atoms with E-state index in [2.05, 4.69) is 64.6 Å². The minimum Gasteiger partial charge on any atom is -0.292 e. The van der Waals surface area contributed by atoms with Gasteiger partial charge >= 0.3 is 0 Å². The maximum Gasteiger partial charge on any atom is 0.145 e. The first kappa shape index (κ1) is 13.0. The van der Waals surface area contributed by atoms with E-state index in [1.54, 1.807) is 0 Å². The quantitative estimate of drug-likeness (QED) is 0.414. The Morgan fingerprint density at radius 3 is 2.62 bits per heavy atom. The molecule has 102 valence electrons. The van der Waals surface area contributed by atoms with Crippen molar-refractivity contribution in [3.05, 3.63) is 63.9 Å². The maximum absolute atomic E-state index is 4.56. The third-order valence-corrected chi connectivity index (χ3v) is 4.42. The molecule has 4 aromatic rings. The molecule has 0 fully saturated rings. The van der Waals surface area contributed by atoms with E-state index < -0.39 is 0 Å². The van der Waals surface area contributed by atoms with Crippen LogP contribution < -0.4 is 0 Å². The molecule has 0 atom stereocenters. The van der Waals surface area contributed by atoms with Crippen molar-refractivity contribution in [3.8, 4) is 5.69 Å². The normalized spacial score (nSPS) is 11.3. The summed E-state index contributed by atoms with van der Waals surface area (Å²) in [5, 5.41) is 2.31. The molecule has 0 radical (unpaired) electrons. The number of pyridine rings is 2. The second-order valence-electron chi connectivity index (χ2n) is 4.71. The van der Waals surface area contributed by atoms with Crippen LogP contribution in [0, 0.1) is 0 Å². The van der Waals surface area contributed by atoms with Gasteiger partial charge in [-0.2, -0.15) is 0 Å². The van der Waals surface area contributed by atoms with Crippen LogP contribution in [0.25, 0.3) is 27.6 Å². The van der Waals surface area contributed by atoms with Crippen LogP contribution in [-0.2, 0) is 0 Å². The number of rotatable bonds is 1. The minimum atomic E-state index is 0.822. The number of benzene rings is 1. The number of halogens is 2. The first-order valence-corrected chi connectivity index (χ1v) is 7.99. The Kier molecular flexibility index (Phi) is 3.05. The lowest BCUT2D eigenvalue weighted by atomic mass is 10.2. The van der Waals surface area contributed by atoms with Crippen molar-refractivity contribution in [2.24, 2.45) is 0 Å². The molecular weight excluding hydrogens is 394 g/mol. The van der Waals surface area contributed by atoms with Gasteiger partial charge in [0.1, 0.15) is 10.3 Å². The van der Waals surface area contributed by atoms with Crippen LogP contribution in [0.15, 0.2) is 63.9 Å². The summed E-state index contributed by atoms with van der Waals surface area (Å²) in [6.45, 7) is 0. The van der Waals surface area contributed by atoms with Crippen LogP contribution in [0.5, 0.6) is 0 Å². The van der Waals surface area contributed by atoms with Gasteiger partial charge in [-0.1, -0.05) is 15.9 Å². The average Bonchev–Trinajstić information content (AvgIpc) is 2.82. The first-order chi connectivity index (χ1) is 10.2. The summed E-state index contributed by atoms with van der Waals surface area (Å²) in [7, 11) is 0. The van der Waals surface area contributed by atoms with E-state index >= 15 is 0 Å². The van der Waals surface area contributed by atoms with E-state index in [0.717, 1.165) is 31.3 Å². The van der Waals surface area contributed by atoms with E-state index in [9.17, 15) is 0 Å². The molecule has 0 amide bonds. The Bertz CT molecular complexity index is 959. The molecule has 1 aromatic carbocycles. The zero-order valence-corrected chi connectivity index (χ0v) is 14.0. The van der Waals surface area contributed by atoms with Crippen molar-refractivity contribution in [1.82, 2.24) is 14.5 Å². The van der Waals surface area contributed by atoms with E-state index in [-0.39, 0.29) is 0 Å². The summed E-state index contributed by atoms with van der Waals surface area (Å²) in [5.74, 6) is 0. The second-order valence-corrected chi connectivity index (χ2v) is 6.44. The number of aromatic nitrogens is 3. The van der Waals surface area contributed by atoms with Gasteiger partial charge in [-0.3, -0.25) is 4.57 Å². The smallest absolute Gasteiger partial charge is 0.145 e. The van der Waals surface area contributed by atoms with Crippen molar-refractivity contribution in [1.29, 1.82) is 0 Å². The highest BCUT2D eigenvalue weighted by atomic mass is 79.9. The lowest BCUT2D eigenvalue weighted by Gasteiger charge is -2.06. The fourth-order valence-electron chi connectivity index (χ4n) is 2.58. The number of nitrogens with zero attached hydrogens (tertiary/aromatic N) is 3. The molecule has 3 aromatic heterocycles. The Morgan fingerprint density at radius 1 is 0.905 bits per heavy atom. The zero-order chi connectivity index (χ0) is 14.4. The molecule has 0 aliphatic heterocycles. The summed E-state index contributed by atoms with van der Waals surface area (Å²) < 4.78 is 4.02. The molecule has 0 N–H and O–H groups in total. The van der Waals surface area contributed by atoms with Crippen LogP contribution >= 0.6 is 31.9 Å². The van der Waals surface area contributed by atoms with Gasteiger partial charge < -0.3 is 0 Å². The molecule has 3 heterocycles. The van der Waals surface area contributed by atoms with Crippen molar-refractivity contribution >= 4 is 53.8 Å². The molecule has 21 heavy (non-hydrogen) atoms. The Balaban J connectivity index is 2.17. The summed E-state index contributed by atoms with van der Waals surface area (Å²) >= 11 is 6.92. The van der Waals surface area contributed by atoms with Crippen LogP contribution in [0.4, 0.5) is 0 Å². The fraction of sp³-hybridized carbons (Fsp3) is 0. The molecule has 0 aliphatic carbocycles. The van der Waals surface area contributed by atoms with Gasteiger partial charge in [0.25, 0.3) is 0 Å². The largest absolute Gasteiger partial charge is 0.292 e. The summed E-state index contributed by atoms with van der Waals surface area (Å²) in [6.07, 6.45) is 3.67. The Labute approximate surface area is 137 Å². The highest BCUT2D eigenvalue weighted by Gasteiger charge is 2.13. The Morgan fingerprint density at radius 2 is 1.81 bits per heavy atom. The van der Waals surface area contributed by atoms with Crippen LogP contribution in [-0.4, -0.2) is 14.5 Å². The third kappa shape index (κ3) is 2.08. The SMILES string of the molecule is Brc1ccc2c(c1)c1cccnc1n2-c1ccc(Br)nc1. The predicted molar refractivity (Wildman–Crippen MR) is 91.8 cm³/mol. The van der Waals surface area contributed by atoms with Crippen molar-refractivity contribution in [2.75, 3.05) is 0 Å². The molecule has 5 heteroatoms. The second kappa shape index (κ2) is 4.93. The van der Waals surface area contributed by atoms with Gasteiger partial charge in [-0.25, -0.2) is 9.97 Å². The van der Waals surface area contributed by atoms with Crippen LogP contribution in [0.3, 0.4) is 0 Å². The summed E-state index contributed by atoms with van der Waals surface area (Å²) in [6, 6.07) is 14.3. The molecule has 4 rings (SSSR count). The van der Waals surface area contributed by atoms with Crippen molar-refractivity contribution in [2.45, 2.75) is 0 Å². The highest BCUT2D eigenvalue weighted by Crippen LogP contribution is 2.32. The molecule has 0 bridgehead atoms. The molecule has 0 saturated carbocycles. The van der Waals surface area contributed by atoms with Gasteiger partial charge in [-0.15, -0.1) is 0 Å². The highest BCUT2D eigenvalue weighted by molar-refractivity contribution is 9.10. The molecule has 3 nitrogen and oxygen atoms in total. The predicted octanol–water partition coefficient (Wildman–Crippen LogP) is 5.10. The number of hydrogen-bond donors (Lipinski definition) is 0. The van der Waals surface area contributed by atoms with Crippen molar-refractivity contribution < 1.29 is 0 Å². The molecule has 0 saturated heterocycles. The average molecular weight is 403 g/mol. The molecule has 0 aliphatic rings. The first-order valence-electron chi connectivity index (χ1n) is 6.41. The van der Waals surface area contributed by atoms with E-state index in [4.69, 9.17) is 0 Å². The maximum atomic E-state index is 4.56. The van der Waals surface area contributed by atoms with Gasteiger partial charge in [0, 0.05) is 21.4 Å². The summed E-state index contributed by atoms with van der Waals surface area (Å²) in [4.78, 5) is 8.88. The summed E-state index contributed by atoms with van der Waals surface area (Å²) in [5.41, 5.74) is 3.06. The van der Waals surface area contributed by atoms with Gasteiger partial charge in [0.05, 0.1) is 17.4 Å². The molecular formula is C16H9Br2N3. The molecule has 0 spiro atoms. The topological polar surface area (TPSA) is 30.7 Å². The fourth-order valence-corrected chi connectivity index (χ4v) is 3.18. The number of fused-ring (bicyclic) bond motifs is 3. The third-order valence-electron chi connectivity index (χ3n) is 3.46. The molecule has 0 unspecified atom stereocenters. The van der Waals surface area contributed by atoms with Crippen LogP contribution in [0.2, 0.25) is 0 Å². The van der Waals surface area contributed by atoms with E-state index in [1.807, 2.05) is 36.7 Å². The van der Waals surface area contributed by atoms with E-state index in [0.29, 0.717) is 0 Å². The lowest BCUT2D eigenvalue weighted by Crippen LogP contribution is -1.95. The Hall–Kier alpha value is -1.72. The van der Waals surface area contributed by atoms with Gasteiger partial charge in [0.15, 0.2) is 0 Å².